The number of hydrogen-bond donors (Lipinski definition) is 4. The number of nitrogens with one attached hydrogen (secondary N) is 4. The van der Waals surface area contributed by atoms with Crippen LogP contribution in [0.5, 0.6) is 0 Å². The van der Waals surface area contributed by atoms with Gasteiger partial charge in [0.25, 0.3) is 11.8 Å². The zero-order chi connectivity index (χ0) is 36.0. The van der Waals surface area contributed by atoms with Gasteiger partial charge < -0.3 is 26.2 Å². The highest BCUT2D eigenvalue weighted by Crippen LogP contribution is 2.43. The molecule has 0 aromatic carbocycles. The molecule has 274 valence electrons. The predicted molar refractivity (Wildman–Crippen MR) is 185 cm³/mol. The lowest BCUT2D eigenvalue weighted by molar-refractivity contribution is -0.146. The average molecular weight is 694 g/mol. The molecule has 0 bridgehead atoms. The summed E-state index contributed by atoms with van der Waals surface area (Å²) in [6.07, 6.45) is 14.2. The number of carbonyl (C=O) groups is 6. The Morgan fingerprint density at radius 1 is 0.900 bits per heavy atom. The van der Waals surface area contributed by atoms with Crippen LogP contribution in [0.25, 0.3) is 0 Å². The van der Waals surface area contributed by atoms with Gasteiger partial charge in [-0.05, 0) is 74.0 Å². The molecule has 2 unspecified atom stereocenters. The zero-order valence-corrected chi connectivity index (χ0v) is 30.0. The first-order valence-electron chi connectivity index (χ1n) is 18.7. The standard InChI is InChI=1S/C37H55N7O6/c1-5-10-26(30(45)35(49)40-19-22-15-16-22)41-34(48)29-25-14-9-13-24(25)21-44(29)36(50)31(37(2,3)4)43-33(47)28(23-11-7-6-8-12-23)42-32(46)27-20-38-17-18-39-27/h17-18,20,22-26,28-29,31H,5-16,19,21H2,1-4H3,(H,40,49)(H,41,48)(H,42,46)(H,43,47)/t24?,25?,26-,28+,29+,31-/m1/s1. The lowest BCUT2D eigenvalue weighted by Crippen LogP contribution is -2.62. The largest absolute Gasteiger partial charge is 0.349 e. The number of amides is 5. The van der Waals surface area contributed by atoms with E-state index in [4.69, 9.17) is 0 Å². The van der Waals surface area contributed by atoms with Crippen molar-refractivity contribution >= 4 is 35.3 Å². The summed E-state index contributed by atoms with van der Waals surface area (Å²) in [6.45, 7) is 8.31. The molecule has 1 saturated heterocycles. The van der Waals surface area contributed by atoms with E-state index in [0.29, 0.717) is 31.8 Å². The summed E-state index contributed by atoms with van der Waals surface area (Å²) in [5.41, 5.74) is -0.639. The molecule has 0 radical (unpaired) electrons. The van der Waals surface area contributed by atoms with E-state index in [2.05, 4.69) is 31.2 Å². The van der Waals surface area contributed by atoms with Crippen LogP contribution >= 0.6 is 0 Å². The first kappa shape index (κ1) is 37.4. The summed E-state index contributed by atoms with van der Waals surface area (Å²) < 4.78 is 0. The van der Waals surface area contributed by atoms with Crippen molar-refractivity contribution in [1.82, 2.24) is 36.1 Å². The highest BCUT2D eigenvalue weighted by Gasteiger charge is 2.52. The zero-order valence-electron chi connectivity index (χ0n) is 30.0. The van der Waals surface area contributed by atoms with Crippen LogP contribution in [0.1, 0.15) is 115 Å². The van der Waals surface area contributed by atoms with E-state index < -0.39 is 59.0 Å². The third-order valence-corrected chi connectivity index (χ3v) is 11.0. The van der Waals surface area contributed by atoms with E-state index in [1.165, 1.54) is 18.6 Å². The number of aromatic nitrogens is 2. The fraction of sp³-hybridized carbons (Fsp3) is 0.730. The van der Waals surface area contributed by atoms with E-state index in [9.17, 15) is 28.8 Å². The van der Waals surface area contributed by atoms with E-state index in [0.717, 1.165) is 64.2 Å². The van der Waals surface area contributed by atoms with Crippen molar-refractivity contribution in [1.29, 1.82) is 0 Å². The van der Waals surface area contributed by atoms with Gasteiger partial charge in [-0.25, -0.2) is 4.98 Å². The van der Waals surface area contributed by atoms with Crippen molar-refractivity contribution in [2.24, 2.45) is 29.1 Å². The maximum Gasteiger partial charge on any atom is 0.289 e. The van der Waals surface area contributed by atoms with Gasteiger partial charge in [-0.15, -0.1) is 0 Å². The molecule has 1 aromatic rings. The molecule has 3 saturated carbocycles. The van der Waals surface area contributed by atoms with Crippen molar-refractivity contribution < 1.29 is 28.8 Å². The van der Waals surface area contributed by atoms with Gasteiger partial charge in [0.2, 0.25) is 23.5 Å². The predicted octanol–water partition coefficient (Wildman–Crippen LogP) is 2.69. The van der Waals surface area contributed by atoms with Crippen molar-refractivity contribution in [2.75, 3.05) is 13.1 Å². The number of hydrogen-bond acceptors (Lipinski definition) is 8. The second-order valence-electron chi connectivity index (χ2n) is 15.9. The van der Waals surface area contributed by atoms with Gasteiger partial charge >= 0.3 is 0 Å². The number of rotatable bonds is 14. The lowest BCUT2D eigenvalue weighted by Gasteiger charge is -2.38. The number of nitrogens with zero attached hydrogens (tertiary/aromatic N) is 3. The number of ketones is 1. The molecule has 4 aliphatic rings. The van der Waals surface area contributed by atoms with Gasteiger partial charge in [0.05, 0.1) is 12.2 Å². The summed E-state index contributed by atoms with van der Waals surface area (Å²) in [4.78, 5) is 91.7. The van der Waals surface area contributed by atoms with Crippen molar-refractivity contribution in [2.45, 2.75) is 129 Å². The summed E-state index contributed by atoms with van der Waals surface area (Å²) in [5.74, 6) is -2.80. The Morgan fingerprint density at radius 2 is 1.64 bits per heavy atom. The van der Waals surface area contributed by atoms with Crippen LogP contribution in [0.3, 0.4) is 0 Å². The van der Waals surface area contributed by atoms with Gasteiger partial charge in [-0.3, -0.25) is 33.8 Å². The molecule has 4 N–H and O–H groups in total. The van der Waals surface area contributed by atoms with Gasteiger partial charge in [0, 0.05) is 25.5 Å². The Morgan fingerprint density at radius 3 is 2.28 bits per heavy atom. The molecule has 5 amide bonds. The average Bonchev–Trinajstić information content (AvgIpc) is 3.71. The van der Waals surface area contributed by atoms with E-state index in [-0.39, 0.29) is 29.4 Å². The minimum atomic E-state index is -0.995. The molecule has 0 spiro atoms. The Kier molecular flexibility index (Phi) is 12.3. The van der Waals surface area contributed by atoms with E-state index >= 15 is 0 Å². The third-order valence-electron chi connectivity index (χ3n) is 11.0. The van der Waals surface area contributed by atoms with Crippen LogP contribution in [0, 0.1) is 29.1 Å². The molecule has 5 rings (SSSR count). The Bertz CT molecular complexity index is 1400. The van der Waals surface area contributed by atoms with Gasteiger partial charge in [0.15, 0.2) is 0 Å². The summed E-state index contributed by atoms with van der Waals surface area (Å²) in [6, 6.07) is -3.70. The van der Waals surface area contributed by atoms with Gasteiger partial charge in [-0.2, -0.15) is 0 Å². The SMILES string of the molecule is CCC[C@@H](NC(=O)[C@@H]1C2CCCC2CN1C(=O)[C@@H](NC(=O)[C@@H](NC(=O)c1cnccn1)C1CCCCC1)C(C)(C)C)C(=O)C(=O)NCC1CC1. The van der Waals surface area contributed by atoms with Crippen LogP contribution in [-0.2, 0) is 24.0 Å². The number of fused-ring (bicyclic) bond motifs is 1. The number of carbonyl (C=O) groups excluding carboxylic acids is 6. The smallest absolute Gasteiger partial charge is 0.289 e. The summed E-state index contributed by atoms with van der Waals surface area (Å²) in [7, 11) is 0. The van der Waals surface area contributed by atoms with Crippen molar-refractivity contribution in [3.05, 3.63) is 24.3 Å². The minimum absolute atomic E-state index is 0.0856. The maximum atomic E-state index is 14.6. The fourth-order valence-corrected chi connectivity index (χ4v) is 8.03. The first-order valence-corrected chi connectivity index (χ1v) is 18.7. The maximum absolute atomic E-state index is 14.6. The first-order chi connectivity index (χ1) is 23.9. The molecular weight excluding hydrogens is 638 g/mol. The monoisotopic (exact) mass is 693 g/mol. The second-order valence-corrected chi connectivity index (χ2v) is 15.9. The molecule has 1 aromatic heterocycles. The molecule has 6 atom stereocenters. The molecule has 13 nitrogen and oxygen atoms in total. The minimum Gasteiger partial charge on any atom is -0.349 e. The summed E-state index contributed by atoms with van der Waals surface area (Å²) >= 11 is 0. The Labute approximate surface area is 295 Å². The molecule has 13 heteroatoms. The summed E-state index contributed by atoms with van der Waals surface area (Å²) in [5, 5.41) is 11.5. The fourth-order valence-electron chi connectivity index (χ4n) is 8.03. The van der Waals surface area contributed by atoms with Gasteiger partial charge in [0.1, 0.15) is 23.8 Å². The van der Waals surface area contributed by atoms with Crippen LogP contribution in [-0.4, -0.2) is 87.4 Å². The third kappa shape index (κ3) is 9.06. The Balaban J connectivity index is 1.34. The van der Waals surface area contributed by atoms with Crippen molar-refractivity contribution in [3.8, 4) is 0 Å². The lowest BCUT2D eigenvalue weighted by atomic mass is 9.82. The van der Waals surface area contributed by atoms with Crippen LogP contribution in [0.4, 0.5) is 0 Å². The van der Waals surface area contributed by atoms with Crippen molar-refractivity contribution in [3.63, 3.8) is 0 Å². The number of likely N-dealkylation sites (tertiary alicyclic amines) is 1. The van der Waals surface area contributed by atoms with Gasteiger partial charge in [-0.1, -0.05) is 59.8 Å². The molecule has 50 heavy (non-hydrogen) atoms. The molecular formula is C37H55N7O6. The van der Waals surface area contributed by atoms with Crippen LogP contribution in [0.15, 0.2) is 18.6 Å². The van der Waals surface area contributed by atoms with E-state index in [1.54, 1.807) is 4.90 Å². The van der Waals surface area contributed by atoms with E-state index in [1.807, 2.05) is 27.7 Å². The van der Waals surface area contributed by atoms with Crippen LogP contribution < -0.4 is 21.3 Å². The normalized spacial score (nSPS) is 24.0. The van der Waals surface area contributed by atoms with Crippen LogP contribution in [0.2, 0.25) is 0 Å². The second kappa shape index (κ2) is 16.4. The topological polar surface area (TPSA) is 180 Å². The highest BCUT2D eigenvalue weighted by molar-refractivity contribution is 6.38. The Hall–Kier alpha value is -3.90. The highest BCUT2D eigenvalue weighted by atomic mass is 16.2. The quantitative estimate of drug-likeness (QED) is 0.215. The molecule has 3 aliphatic carbocycles. The number of Topliss-reactive ketones (excluding diaryl/α,β-unsaturated/α-hetero) is 1. The molecule has 4 fully saturated rings. The molecule has 2 heterocycles. The molecule has 1 aliphatic heterocycles.